The lowest BCUT2D eigenvalue weighted by Gasteiger charge is -2.21. The van der Waals surface area contributed by atoms with Crippen molar-refractivity contribution in [3.05, 3.63) is 12.2 Å². The average Bonchev–Trinajstić information content (AvgIpc) is 2.73. The van der Waals surface area contributed by atoms with Crippen molar-refractivity contribution in [2.24, 2.45) is 23.4 Å². The van der Waals surface area contributed by atoms with Gasteiger partial charge in [0.2, 0.25) is 5.91 Å². The van der Waals surface area contributed by atoms with Crippen LogP contribution in [0.5, 0.6) is 0 Å². The highest BCUT2D eigenvalue weighted by molar-refractivity contribution is 6.05. The van der Waals surface area contributed by atoms with Gasteiger partial charge in [-0.15, -0.1) is 10.2 Å². The van der Waals surface area contributed by atoms with Gasteiger partial charge in [-0.3, -0.25) is 4.79 Å². The van der Waals surface area contributed by atoms with Crippen LogP contribution in [0.2, 0.25) is 0 Å². The molecule has 1 aromatic rings. The number of hydrogen-bond acceptors (Lipinski definition) is 5. The van der Waals surface area contributed by atoms with Crippen LogP contribution in [0.25, 0.3) is 0 Å². The molecule has 0 atom stereocenters. The van der Waals surface area contributed by atoms with Gasteiger partial charge in [-0.25, -0.2) is 0 Å². The Labute approximate surface area is 105 Å². The summed E-state index contributed by atoms with van der Waals surface area (Å²) in [6, 6.07) is 0. The van der Waals surface area contributed by atoms with E-state index < -0.39 is 5.41 Å². The van der Waals surface area contributed by atoms with Gasteiger partial charge >= 0.3 is 0 Å². The fraction of sp³-hybridized carbons (Fsp3) is 0.600. The summed E-state index contributed by atoms with van der Waals surface area (Å²) in [5, 5.41) is 21.8. The molecule has 0 unspecified atom stereocenters. The molecular formula is C10H18N6O2. The van der Waals surface area contributed by atoms with Crippen LogP contribution in [0.15, 0.2) is 11.5 Å². The topological polar surface area (TPSA) is 118 Å². The van der Waals surface area contributed by atoms with Crippen molar-refractivity contribution >= 4 is 11.7 Å². The lowest BCUT2D eigenvalue weighted by molar-refractivity contribution is -0.126. The number of aromatic nitrogens is 3. The number of amidine groups is 1. The highest BCUT2D eigenvalue weighted by atomic mass is 16.4. The molecular weight excluding hydrogens is 236 g/mol. The Morgan fingerprint density at radius 3 is 2.83 bits per heavy atom. The molecule has 1 heterocycles. The minimum Gasteiger partial charge on any atom is -0.409 e. The number of nitrogens with two attached hydrogens (primary N) is 1. The highest BCUT2D eigenvalue weighted by Crippen LogP contribution is 2.14. The molecule has 0 aliphatic carbocycles. The number of carbonyl (C=O) groups is 1. The molecule has 0 aliphatic heterocycles. The van der Waals surface area contributed by atoms with Crippen LogP contribution in [0.3, 0.4) is 0 Å². The Morgan fingerprint density at radius 1 is 1.67 bits per heavy atom. The Kier molecular flexibility index (Phi) is 4.24. The zero-order valence-electron chi connectivity index (χ0n) is 10.7. The van der Waals surface area contributed by atoms with Gasteiger partial charge in [0.1, 0.15) is 17.6 Å². The van der Waals surface area contributed by atoms with Gasteiger partial charge in [0.25, 0.3) is 0 Å². The third kappa shape index (κ3) is 2.96. The molecule has 1 aromatic heterocycles. The number of rotatable bonds is 5. The smallest absolute Gasteiger partial charge is 0.233 e. The lowest BCUT2D eigenvalue weighted by atomic mass is 9.91. The van der Waals surface area contributed by atoms with Gasteiger partial charge in [-0.1, -0.05) is 5.16 Å². The van der Waals surface area contributed by atoms with Crippen molar-refractivity contribution in [2.75, 3.05) is 6.54 Å². The summed E-state index contributed by atoms with van der Waals surface area (Å²) in [5.41, 5.74) is 4.41. The predicted molar refractivity (Wildman–Crippen MR) is 64.9 cm³/mol. The number of nitrogens with zero attached hydrogens (tertiary/aromatic N) is 4. The minimum absolute atomic E-state index is 0.126. The highest BCUT2D eigenvalue weighted by Gasteiger charge is 2.32. The average molecular weight is 254 g/mol. The van der Waals surface area contributed by atoms with Crippen molar-refractivity contribution < 1.29 is 10.0 Å². The van der Waals surface area contributed by atoms with Crippen LogP contribution in [0.4, 0.5) is 0 Å². The first-order valence-corrected chi connectivity index (χ1v) is 5.48. The van der Waals surface area contributed by atoms with Crippen molar-refractivity contribution in [1.82, 2.24) is 20.1 Å². The van der Waals surface area contributed by atoms with Crippen LogP contribution in [0, 0.1) is 5.41 Å². The number of hydrogen-bond donors (Lipinski definition) is 3. The molecule has 1 rings (SSSR count). The fourth-order valence-corrected chi connectivity index (χ4v) is 1.28. The normalized spacial score (nSPS) is 12.5. The fourth-order valence-electron chi connectivity index (χ4n) is 1.28. The first-order valence-electron chi connectivity index (χ1n) is 5.48. The summed E-state index contributed by atoms with van der Waals surface area (Å²) in [5.74, 6) is 0.343. The maximum Gasteiger partial charge on any atom is 0.233 e. The van der Waals surface area contributed by atoms with E-state index in [1.807, 2.05) is 7.05 Å². The summed E-state index contributed by atoms with van der Waals surface area (Å²) in [6.07, 6.45) is 2.16. The molecule has 0 saturated heterocycles. The number of oxime groups is 1. The van der Waals surface area contributed by atoms with Crippen LogP contribution in [-0.2, 0) is 18.3 Å². The molecule has 0 fully saturated rings. The van der Waals surface area contributed by atoms with Gasteiger partial charge in [0.15, 0.2) is 5.84 Å². The number of carbonyl (C=O) groups excluding carboxylic acids is 1. The monoisotopic (exact) mass is 254 g/mol. The van der Waals surface area contributed by atoms with E-state index in [9.17, 15) is 4.79 Å². The maximum absolute atomic E-state index is 11.9. The van der Waals surface area contributed by atoms with Crippen LogP contribution >= 0.6 is 0 Å². The predicted octanol–water partition coefficient (Wildman–Crippen LogP) is -0.754. The maximum atomic E-state index is 11.9. The Bertz CT molecular complexity index is 451. The van der Waals surface area contributed by atoms with Gasteiger partial charge < -0.3 is 20.8 Å². The zero-order chi connectivity index (χ0) is 13.8. The second kappa shape index (κ2) is 5.48. The van der Waals surface area contributed by atoms with E-state index >= 15 is 0 Å². The number of aryl methyl sites for hydroxylation is 1. The SMILES string of the molecule is Cn1cnnc1CCNC(=O)C(C)(C)C(N)=NO. The molecule has 0 bridgehead atoms. The van der Waals surface area contributed by atoms with Crippen LogP contribution in [-0.4, -0.2) is 38.3 Å². The quantitative estimate of drug-likeness (QED) is 0.276. The molecule has 100 valence electrons. The molecule has 18 heavy (non-hydrogen) atoms. The molecule has 0 aromatic carbocycles. The zero-order valence-corrected chi connectivity index (χ0v) is 10.7. The number of amides is 1. The van der Waals surface area contributed by atoms with Crippen molar-refractivity contribution in [3.8, 4) is 0 Å². The largest absolute Gasteiger partial charge is 0.409 e. The first-order chi connectivity index (χ1) is 8.39. The Hall–Kier alpha value is -2.12. The Balaban J connectivity index is 2.50. The molecule has 8 heteroatoms. The molecule has 0 aliphatic rings. The van der Waals surface area contributed by atoms with E-state index in [2.05, 4.69) is 20.7 Å². The van der Waals surface area contributed by atoms with Gasteiger partial charge in [-0.2, -0.15) is 0 Å². The van der Waals surface area contributed by atoms with E-state index in [1.165, 1.54) is 0 Å². The summed E-state index contributed by atoms with van der Waals surface area (Å²) >= 11 is 0. The van der Waals surface area contributed by atoms with Gasteiger partial charge in [0.05, 0.1) is 0 Å². The second-order valence-corrected chi connectivity index (χ2v) is 4.47. The minimum atomic E-state index is -1.05. The van der Waals surface area contributed by atoms with E-state index in [0.29, 0.717) is 13.0 Å². The Morgan fingerprint density at radius 2 is 2.33 bits per heavy atom. The third-order valence-corrected chi connectivity index (χ3v) is 2.76. The summed E-state index contributed by atoms with van der Waals surface area (Å²) in [4.78, 5) is 11.9. The van der Waals surface area contributed by atoms with Crippen molar-refractivity contribution in [3.63, 3.8) is 0 Å². The van der Waals surface area contributed by atoms with Crippen molar-refractivity contribution in [2.45, 2.75) is 20.3 Å². The number of nitrogens with one attached hydrogen (secondary N) is 1. The second-order valence-electron chi connectivity index (χ2n) is 4.47. The molecule has 8 nitrogen and oxygen atoms in total. The van der Waals surface area contributed by atoms with E-state index in [0.717, 1.165) is 5.82 Å². The van der Waals surface area contributed by atoms with E-state index in [1.54, 1.807) is 24.7 Å². The molecule has 0 saturated carbocycles. The van der Waals surface area contributed by atoms with Crippen LogP contribution < -0.4 is 11.1 Å². The third-order valence-electron chi connectivity index (χ3n) is 2.76. The summed E-state index contributed by atoms with van der Waals surface area (Å²) in [6.45, 7) is 3.58. The lowest BCUT2D eigenvalue weighted by Crippen LogP contribution is -2.46. The summed E-state index contributed by atoms with van der Waals surface area (Å²) in [7, 11) is 1.83. The molecule has 4 N–H and O–H groups in total. The molecule has 0 radical (unpaired) electrons. The molecule has 0 spiro atoms. The summed E-state index contributed by atoms with van der Waals surface area (Å²) < 4.78 is 1.78. The van der Waals surface area contributed by atoms with E-state index in [4.69, 9.17) is 10.9 Å². The van der Waals surface area contributed by atoms with Gasteiger partial charge in [-0.05, 0) is 13.8 Å². The standard InChI is InChI=1S/C10H18N6O2/c1-10(2,8(11)15-18)9(17)12-5-4-7-14-13-6-16(7)3/h6,18H,4-5H2,1-3H3,(H2,11,15)(H,12,17). The van der Waals surface area contributed by atoms with E-state index in [-0.39, 0.29) is 11.7 Å². The first kappa shape index (κ1) is 13.9. The van der Waals surface area contributed by atoms with Crippen LogP contribution in [0.1, 0.15) is 19.7 Å². The molecule has 1 amide bonds. The van der Waals surface area contributed by atoms with Gasteiger partial charge in [0, 0.05) is 20.0 Å². The van der Waals surface area contributed by atoms with Crippen molar-refractivity contribution in [1.29, 1.82) is 0 Å².